The van der Waals surface area contributed by atoms with E-state index in [-0.39, 0.29) is 11.7 Å². The number of ether oxygens (including phenoxy) is 1. The van der Waals surface area contributed by atoms with Crippen LogP contribution in [0.25, 0.3) is 0 Å². The van der Waals surface area contributed by atoms with Crippen molar-refractivity contribution < 1.29 is 14.7 Å². The summed E-state index contributed by atoms with van der Waals surface area (Å²) in [5.74, 6) is -0.347. The number of aryl methyl sites for hydroxylation is 1. The van der Waals surface area contributed by atoms with Crippen molar-refractivity contribution >= 4 is 33.4 Å². The average molecular weight is 356 g/mol. The van der Waals surface area contributed by atoms with Gasteiger partial charge in [0.1, 0.15) is 5.41 Å². The molecule has 1 amide bonds. The number of nitrogens with two attached hydrogens (primary N) is 1. The summed E-state index contributed by atoms with van der Waals surface area (Å²) in [6.07, 6.45) is 0.786. The second-order valence-corrected chi connectivity index (χ2v) is 5.95. The zero-order chi connectivity index (χ0) is 15.5. The number of rotatable bonds is 3. The lowest BCUT2D eigenvalue weighted by molar-refractivity contribution is -0.126. The van der Waals surface area contributed by atoms with Crippen LogP contribution in [0.4, 0.5) is 5.69 Å². The second kappa shape index (κ2) is 6.44. The number of nitrogens with one attached hydrogen (secondary N) is 1. The third-order valence-electron chi connectivity index (χ3n) is 3.79. The summed E-state index contributed by atoms with van der Waals surface area (Å²) in [4.78, 5) is 12.6. The minimum absolute atomic E-state index is 0.0721. The van der Waals surface area contributed by atoms with E-state index in [0.717, 1.165) is 10.0 Å². The van der Waals surface area contributed by atoms with E-state index in [1.165, 1.54) is 0 Å². The molecule has 0 saturated carbocycles. The summed E-state index contributed by atoms with van der Waals surface area (Å²) in [6, 6.07) is 5.53. The Bertz CT molecular complexity index is 569. The van der Waals surface area contributed by atoms with Gasteiger partial charge in [0.05, 0.1) is 0 Å². The van der Waals surface area contributed by atoms with Crippen LogP contribution >= 0.6 is 15.9 Å². The van der Waals surface area contributed by atoms with E-state index < -0.39 is 5.41 Å². The Kier molecular flexibility index (Phi) is 4.84. The molecule has 0 aliphatic carbocycles. The van der Waals surface area contributed by atoms with Crippen LogP contribution in [-0.2, 0) is 9.53 Å². The largest absolute Gasteiger partial charge is 0.409 e. The molecule has 4 N–H and O–H groups in total. The maximum Gasteiger partial charge on any atom is 0.238 e. The highest BCUT2D eigenvalue weighted by atomic mass is 79.9. The van der Waals surface area contributed by atoms with E-state index >= 15 is 0 Å². The molecule has 1 fully saturated rings. The number of benzene rings is 1. The Hall–Kier alpha value is -1.60. The monoisotopic (exact) mass is 355 g/mol. The van der Waals surface area contributed by atoms with E-state index in [9.17, 15) is 4.79 Å². The molecule has 114 valence electrons. The molecule has 2 rings (SSSR count). The highest BCUT2D eigenvalue weighted by Gasteiger charge is 2.44. The van der Waals surface area contributed by atoms with Crippen molar-refractivity contribution in [3.8, 4) is 0 Å². The van der Waals surface area contributed by atoms with Crippen LogP contribution in [0.3, 0.4) is 0 Å². The number of carbonyl (C=O) groups excluding carboxylic acids is 1. The maximum absolute atomic E-state index is 12.6. The number of carbonyl (C=O) groups is 1. The van der Waals surface area contributed by atoms with Crippen LogP contribution in [0.1, 0.15) is 18.4 Å². The molecule has 0 radical (unpaired) electrons. The molecule has 1 aromatic rings. The Balaban J connectivity index is 2.24. The number of nitrogens with zero attached hydrogens (tertiary/aromatic N) is 1. The molecule has 1 saturated heterocycles. The number of amidine groups is 1. The van der Waals surface area contributed by atoms with Gasteiger partial charge in [-0.2, -0.15) is 0 Å². The predicted molar refractivity (Wildman–Crippen MR) is 83.4 cm³/mol. The van der Waals surface area contributed by atoms with Crippen LogP contribution in [0.5, 0.6) is 0 Å². The Labute approximate surface area is 131 Å². The lowest BCUT2D eigenvalue weighted by Crippen LogP contribution is -2.50. The molecule has 1 aromatic carbocycles. The first kappa shape index (κ1) is 15.8. The van der Waals surface area contributed by atoms with E-state index in [1.54, 1.807) is 6.07 Å². The number of hydrogen-bond donors (Lipinski definition) is 3. The third kappa shape index (κ3) is 3.19. The first-order valence-electron chi connectivity index (χ1n) is 6.63. The normalized spacial score (nSPS) is 18.3. The van der Waals surface area contributed by atoms with Gasteiger partial charge < -0.3 is 21.0 Å². The van der Waals surface area contributed by atoms with E-state index in [2.05, 4.69) is 26.4 Å². The van der Waals surface area contributed by atoms with Crippen molar-refractivity contribution in [3.63, 3.8) is 0 Å². The van der Waals surface area contributed by atoms with Gasteiger partial charge in [0.2, 0.25) is 5.91 Å². The summed E-state index contributed by atoms with van der Waals surface area (Å²) in [7, 11) is 0. The Morgan fingerprint density at radius 3 is 2.71 bits per heavy atom. The van der Waals surface area contributed by atoms with Gasteiger partial charge in [0, 0.05) is 23.4 Å². The van der Waals surface area contributed by atoms with Gasteiger partial charge in [-0.05, 0) is 43.5 Å². The number of anilines is 1. The molecule has 1 heterocycles. The molecule has 0 unspecified atom stereocenters. The van der Waals surface area contributed by atoms with Gasteiger partial charge in [0.25, 0.3) is 0 Å². The minimum atomic E-state index is -1.02. The summed E-state index contributed by atoms with van der Waals surface area (Å²) in [6.45, 7) is 2.75. The zero-order valence-corrected chi connectivity index (χ0v) is 13.3. The van der Waals surface area contributed by atoms with Crippen molar-refractivity contribution in [3.05, 3.63) is 28.2 Å². The number of oxime groups is 1. The standard InChI is InChI=1S/C14H18BrN3O3/c1-9-8-10(2-3-11(9)15)17-13(19)14(12(16)18-20)4-6-21-7-5-14/h2-3,8,20H,4-7H2,1H3,(H2,16,18)(H,17,19). The number of amides is 1. The van der Waals surface area contributed by atoms with Gasteiger partial charge in [-0.3, -0.25) is 4.79 Å². The summed E-state index contributed by atoms with van der Waals surface area (Å²) in [5, 5.41) is 14.9. The van der Waals surface area contributed by atoms with Crippen LogP contribution in [0.15, 0.2) is 27.8 Å². The Morgan fingerprint density at radius 2 is 2.14 bits per heavy atom. The lowest BCUT2D eigenvalue weighted by atomic mass is 9.78. The fraction of sp³-hybridized carbons (Fsp3) is 0.429. The molecule has 0 aromatic heterocycles. The van der Waals surface area contributed by atoms with Crippen LogP contribution < -0.4 is 11.1 Å². The molecule has 6 nitrogen and oxygen atoms in total. The van der Waals surface area contributed by atoms with Crippen molar-refractivity contribution in [1.29, 1.82) is 0 Å². The fourth-order valence-electron chi connectivity index (χ4n) is 2.39. The average Bonchev–Trinajstić information content (AvgIpc) is 2.50. The SMILES string of the molecule is Cc1cc(NC(=O)C2(C(N)=NO)CCOCC2)ccc1Br. The molecule has 1 aliphatic heterocycles. The highest BCUT2D eigenvalue weighted by Crippen LogP contribution is 2.33. The van der Waals surface area contributed by atoms with Gasteiger partial charge in [-0.15, -0.1) is 0 Å². The van der Waals surface area contributed by atoms with Crippen molar-refractivity contribution in [2.75, 3.05) is 18.5 Å². The molecule has 0 spiro atoms. The highest BCUT2D eigenvalue weighted by molar-refractivity contribution is 9.10. The van der Waals surface area contributed by atoms with E-state index in [4.69, 9.17) is 15.7 Å². The molecule has 7 heteroatoms. The quantitative estimate of drug-likeness (QED) is 0.335. The lowest BCUT2D eigenvalue weighted by Gasteiger charge is -2.34. The molecule has 21 heavy (non-hydrogen) atoms. The van der Waals surface area contributed by atoms with Crippen molar-refractivity contribution in [2.24, 2.45) is 16.3 Å². The van der Waals surface area contributed by atoms with E-state index in [1.807, 2.05) is 19.1 Å². The summed E-state index contributed by atoms with van der Waals surface area (Å²) >= 11 is 3.42. The summed E-state index contributed by atoms with van der Waals surface area (Å²) in [5.41, 5.74) is 6.44. The van der Waals surface area contributed by atoms with Crippen LogP contribution in [0, 0.1) is 12.3 Å². The smallest absolute Gasteiger partial charge is 0.238 e. The van der Waals surface area contributed by atoms with Gasteiger partial charge in [-0.25, -0.2) is 0 Å². The van der Waals surface area contributed by atoms with Crippen molar-refractivity contribution in [2.45, 2.75) is 19.8 Å². The topological polar surface area (TPSA) is 96.9 Å². The van der Waals surface area contributed by atoms with Crippen molar-refractivity contribution in [1.82, 2.24) is 0 Å². The van der Waals surface area contributed by atoms with E-state index in [0.29, 0.717) is 31.7 Å². The van der Waals surface area contributed by atoms with Gasteiger partial charge in [0.15, 0.2) is 5.84 Å². The second-order valence-electron chi connectivity index (χ2n) is 5.10. The number of hydrogen-bond acceptors (Lipinski definition) is 4. The molecule has 0 atom stereocenters. The third-order valence-corrected chi connectivity index (χ3v) is 4.68. The minimum Gasteiger partial charge on any atom is -0.409 e. The predicted octanol–water partition coefficient (Wildman–Crippen LogP) is 2.24. The first-order valence-corrected chi connectivity index (χ1v) is 7.42. The molecule has 0 bridgehead atoms. The van der Waals surface area contributed by atoms with Crippen LogP contribution in [-0.4, -0.2) is 30.2 Å². The first-order chi connectivity index (χ1) is 9.99. The number of halogens is 1. The van der Waals surface area contributed by atoms with Crippen LogP contribution in [0.2, 0.25) is 0 Å². The summed E-state index contributed by atoms with van der Waals surface area (Å²) < 4.78 is 6.25. The molecular weight excluding hydrogens is 338 g/mol. The van der Waals surface area contributed by atoms with Gasteiger partial charge >= 0.3 is 0 Å². The molecular formula is C14H18BrN3O3. The molecule has 1 aliphatic rings. The fourth-order valence-corrected chi connectivity index (χ4v) is 2.63. The maximum atomic E-state index is 12.6. The zero-order valence-electron chi connectivity index (χ0n) is 11.7. The van der Waals surface area contributed by atoms with Gasteiger partial charge in [-0.1, -0.05) is 21.1 Å². The Morgan fingerprint density at radius 1 is 1.48 bits per heavy atom.